The van der Waals surface area contributed by atoms with Crippen molar-refractivity contribution in [2.45, 2.75) is 61.8 Å². The van der Waals surface area contributed by atoms with Gasteiger partial charge in [-0.05, 0) is 60.7 Å². The SMILES string of the molecule is OCCn1c2c(c3ccc4ccccc4c31)C[C@@]1(O)[C@H]3Cc4ccc(O)c5c4[C@@]1(CCN3CC1CC1)[C@H]2O5. The molecule has 0 radical (unpaired) electrons. The van der Waals surface area contributed by atoms with Crippen molar-refractivity contribution >= 4 is 21.7 Å². The minimum atomic E-state index is -1.01. The summed E-state index contributed by atoms with van der Waals surface area (Å²) < 4.78 is 9.09. The highest BCUT2D eigenvalue weighted by atomic mass is 16.5. The average Bonchev–Trinajstić information content (AvgIpc) is 3.59. The van der Waals surface area contributed by atoms with Gasteiger partial charge >= 0.3 is 0 Å². The molecule has 4 aromatic rings. The van der Waals surface area contributed by atoms with Gasteiger partial charge in [-0.3, -0.25) is 4.90 Å². The Balaban J connectivity index is 1.37. The van der Waals surface area contributed by atoms with Crippen LogP contribution in [0.25, 0.3) is 21.7 Å². The lowest BCUT2D eigenvalue weighted by Crippen LogP contribution is -2.74. The number of benzene rings is 3. The summed E-state index contributed by atoms with van der Waals surface area (Å²) in [7, 11) is 0. The maximum Gasteiger partial charge on any atom is 0.166 e. The van der Waals surface area contributed by atoms with Crippen LogP contribution in [0.1, 0.15) is 47.8 Å². The van der Waals surface area contributed by atoms with E-state index in [-0.39, 0.29) is 18.4 Å². The van der Waals surface area contributed by atoms with Crippen molar-refractivity contribution in [2.75, 3.05) is 19.7 Å². The quantitative estimate of drug-likeness (QED) is 0.385. The van der Waals surface area contributed by atoms with E-state index in [0.29, 0.717) is 18.7 Å². The molecule has 194 valence electrons. The molecule has 3 heterocycles. The summed E-state index contributed by atoms with van der Waals surface area (Å²) in [6, 6.07) is 16.6. The molecule has 6 nitrogen and oxygen atoms in total. The second-order valence-electron chi connectivity index (χ2n) is 12.3. The van der Waals surface area contributed by atoms with E-state index < -0.39 is 17.1 Å². The number of aliphatic hydroxyl groups excluding tert-OH is 1. The van der Waals surface area contributed by atoms with Gasteiger partial charge in [0.25, 0.3) is 0 Å². The number of nitrogens with zero attached hydrogens (tertiary/aromatic N) is 2. The molecule has 38 heavy (non-hydrogen) atoms. The fourth-order valence-electron chi connectivity index (χ4n) is 8.95. The van der Waals surface area contributed by atoms with Gasteiger partial charge in [0.05, 0.1) is 28.8 Å². The first-order chi connectivity index (χ1) is 18.5. The molecule has 5 aliphatic rings. The fraction of sp³-hybridized carbons (Fsp3) is 0.438. The van der Waals surface area contributed by atoms with E-state index in [9.17, 15) is 15.3 Å². The van der Waals surface area contributed by atoms with E-state index in [0.717, 1.165) is 70.3 Å². The first-order valence-corrected chi connectivity index (χ1v) is 14.2. The van der Waals surface area contributed by atoms with Gasteiger partial charge in [0, 0.05) is 41.9 Å². The van der Waals surface area contributed by atoms with Crippen LogP contribution in [0.15, 0.2) is 48.5 Å². The smallest absolute Gasteiger partial charge is 0.166 e. The third-order valence-corrected chi connectivity index (χ3v) is 10.6. The van der Waals surface area contributed by atoms with Crippen LogP contribution in [-0.2, 0) is 24.8 Å². The van der Waals surface area contributed by atoms with Crippen LogP contribution in [0.3, 0.4) is 0 Å². The number of likely N-dealkylation sites (tertiary alicyclic amines) is 1. The van der Waals surface area contributed by atoms with Gasteiger partial charge < -0.3 is 24.6 Å². The Kier molecular flexibility index (Phi) is 4.09. The first kappa shape index (κ1) is 21.8. The van der Waals surface area contributed by atoms with Gasteiger partial charge in [-0.2, -0.15) is 0 Å². The fourth-order valence-corrected chi connectivity index (χ4v) is 8.95. The number of ether oxygens (including phenoxy) is 1. The van der Waals surface area contributed by atoms with Crippen LogP contribution in [0, 0.1) is 5.92 Å². The third-order valence-electron chi connectivity index (χ3n) is 10.6. The lowest BCUT2D eigenvalue weighted by Gasteiger charge is -2.63. The molecule has 9 rings (SSSR count). The molecular formula is C32H32N2O4. The monoisotopic (exact) mass is 508 g/mol. The number of aromatic hydroxyl groups is 1. The Morgan fingerprint density at radius 3 is 2.74 bits per heavy atom. The van der Waals surface area contributed by atoms with Crippen molar-refractivity contribution in [1.82, 2.24) is 9.47 Å². The summed E-state index contributed by atoms with van der Waals surface area (Å²) in [5.74, 6) is 1.46. The van der Waals surface area contributed by atoms with E-state index >= 15 is 0 Å². The molecular weight excluding hydrogens is 476 g/mol. The van der Waals surface area contributed by atoms with Crippen LogP contribution < -0.4 is 4.74 Å². The van der Waals surface area contributed by atoms with Crippen LogP contribution in [0.2, 0.25) is 0 Å². The second-order valence-corrected chi connectivity index (χ2v) is 12.3. The molecule has 4 atom stereocenters. The standard InChI is InChI=1S/C32H32N2O4/c35-14-13-34-27-21-4-2-1-3-19(21)7-9-22(27)23-16-32(37)25-15-20-8-10-24(36)29-26(20)31(32,30(38-29)28(23)34)11-12-33(25)17-18-5-6-18/h1-4,7-10,18,25,30,35-37H,5-6,11-17H2/t25-,30+,31+,32-/m1/s1. The van der Waals surface area contributed by atoms with Crippen molar-refractivity contribution in [3.8, 4) is 11.5 Å². The zero-order chi connectivity index (χ0) is 25.4. The first-order valence-electron chi connectivity index (χ1n) is 14.2. The second kappa shape index (κ2) is 7.12. The predicted octanol–water partition coefficient (Wildman–Crippen LogP) is 4.19. The van der Waals surface area contributed by atoms with E-state index in [2.05, 4.69) is 51.9 Å². The number of hydrogen-bond donors (Lipinski definition) is 3. The number of phenols is 1. The Labute approximate surface area is 221 Å². The molecule has 2 fully saturated rings. The minimum Gasteiger partial charge on any atom is -0.504 e. The summed E-state index contributed by atoms with van der Waals surface area (Å²) in [6.07, 6.45) is 4.29. The lowest BCUT2D eigenvalue weighted by atomic mass is 9.49. The molecule has 3 N–H and O–H groups in total. The lowest BCUT2D eigenvalue weighted by molar-refractivity contribution is -0.173. The van der Waals surface area contributed by atoms with Crippen molar-refractivity contribution < 1.29 is 20.1 Å². The van der Waals surface area contributed by atoms with E-state index in [4.69, 9.17) is 4.74 Å². The van der Waals surface area contributed by atoms with Crippen LogP contribution in [0.5, 0.6) is 11.5 Å². The number of aliphatic hydroxyl groups is 2. The van der Waals surface area contributed by atoms with Crippen LogP contribution in [0.4, 0.5) is 0 Å². The average molecular weight is 509 g/mol. The largest absolute Gasteiger partial charge is 0.504 e. The molecule has 6 heteroatoms. The molecule has 0 unspecified atom stereocenters. The Morgan fingerprint density at radius 2 is 1.89 bits per heavy atom. The van der Waals surface area contributed by atoms with Crippen molar-refractivity contribution in [2.24, 2.45) is 5.92 Å². The zero-order valence-electron chi connectivity index (χ0n) is 21.4. The van der Waals surface area contributed by atoms with E-state index in [1.807, 2.05) is 0 Å². The number of piperidine rings is 1. The third kappa shape index (κ3) is 2.42. The number of fused-ring (bicyclic) bond motifs is 6. The van der Waals surface area contributed by atoms with Crippen LogP contribution >= 0.6 is 0 Å². The molecule has 3 aliphatic carbocycles. The number of hydrogen-bond acceptors (Lipinski definition) is 5. The Hall–Kier alpha value is -3.06. The zero-order valence-corrected chi connectivity index (χ0v) is 21.4. The van der Waals surface area contributed by atoms with E-state index in [1.54, 1.807) is 6.07 Å². The Morgan fingerprint density at radius 1 is 1.03 bits per heavy atom. The summed E-state index contributed by atoms with van der Waals surface area (Å²) in [5.41, 5.74) is 3.91. The van der Waals surface area contributed by atoms with Crippen molar-refractivity contribution in [3.05, 3.63) is 70.9 Å². The molecule has 1 saturated heterocycles. The highest BCUT2D eigenvalue weighted by Gasteiger charge is 2.73. The molecule has 1 spiro atoms. The minimum absolute atomic E-state index is 0.00999. The van der Waals surface area contributed by atoms with Crippen LogP contribution in [-0.4, -0.2) is 56.1 Å². The summed E-state index contributed by atoms with van der Waals surface area (Å²) in [5, 5.41) is 37.8. The van der Waals surface area contributed by atoms with Gasteiger partial charge in [0.1, 0.15) is 0 Å². The summed E-state index contributed by atoms with van der Waals surface area (Å²) in [6.45, 7) is 2.46. The van der Waals surface area contributed by atoms with Gasteiger partial charge in [-0.15, -0.1) is 0 Å². The molecule has 2 bridgehead atoms. The number of aromatic nitrogens is 1. The highest BCUT2D eigenvalue weighted by molar-refractivity contribution is 6.08. The predicted molar refractivity (Wildman–Crippen MR) is 145 cm³/mol. The maximum absolute atomic E-state index is 13.1. The Bertz CT molecular complexity index is 1670. The van der Waals surface area contributed by atoms with Gasteiger partial charge in [0.15, 0.2) is 17.6 Å². The molecule has 3 aromatic carbocycles. The molecule has 1 aromatic heterocycles. The van der Waals surface area contributed by atoms with Crippen molar-refractivity contribution in [1.29, 1.82) is 0 Å². The molecule has 1 saturated carbocycles. The highest BCUT2D eigenvalue weighted by Crippen LogP contribution is 2.69. The summed E-state index contributed by atoms with van der Waals surface area (Å²) in [4.78, 5) is 2.57. The van der Waals surface area contributed by atoms with E-state index in [1.165, 1.54) is 18.4 Å². The normalized spacial score (nSPS) is 30.9. The van der Waals surface area contributed by atoms with Gasteiger partial charge in [-0.25, -0.2) is 0 Å². The molecule has 2 aliphatic heterocycles. The summed E-state index contributed by atoms with van der Waals surface area (Å²) >= 11 is 0. The van der Waals surface area contributed by atoms with Crippen molar-refractivity contribution in [3.63, 3.8) is 0 Å². The maximum atomic E-state index is 13.1. The number of rotatable bonds is 4. The van der Waals surface area contributed by atoms with Gasteiger partial charge in [-0.1, -0.05) is 42.5 Å². The topological polar surface area (TPSA) is 78.1 Å². The van der Waals surface area contributed by atoms with Gasteiger partial charge in [0.2, 0.25) is 0 Å². The molecule has 0 amide bonds. The number of phenolic OH excluding ortho intramolecular Hbond substituents is 1.